The van der Waals surface area contributed by atoms with E-state index in [0.29, 0.717) is 17.4 Å². The van der Waals surface area contributed by atoms with E-state index in [1.165, 1.54) is 12.8 Å². The van der Waals surface area contributed by atoms with E-state index in [4.69, 9.17) is 4.74 Å². The Bertz CT molecular complexity index is 477. The number of amides is 1. The van der Waals surface area contributed by atoms with Crippen LogP contribution in [0, 0.1) is 5.92 Å². The van der Waals surface area contributed by atoms with Crippen LogP contribution in [0.25, 0.3) is 0 Å². The number of nitrogens with one attached hydrogen (secondary N) is 1. The molecule has 0 aromatic carbocycles. The topological polar surface area (TPSA) is 71.5 Å². The van der Waals surface area contributed by atoms with Gasteiger partial charge in [0.25, 0.3) is 5.91 Å². The van der Waals surface area contributed by atoms with Gasteiger partial charge in [-0.25, -0.2) is 4.98 Å². The molecule has 0 atom stereocenters. The smallest absolute Gasteiger partial charge is 0.253 e. The monoisotopic (exact) mass is 290 g/mol. The minimum atomic E-state index is -0.206. The summed E-state index contributed by atoms with van der Waals surface area (Å²) in [7, 11) is 0. The average Bonchev–Trinajstić information content (AvgIpc) is 3.32. The molecular weight excluding hydrogens is 268 g/mol. The summed E-state index contributed by atoms with van der Waals surface area (Å²) in [6, 6.07) is 3.66. The van der Waals surface area contributed by atoms with Crippen molar-refractivity contribution in [2.75, 3.05) is 6.61 Å². The van der Waals surface area contributed by atoms with Crippen LogP contribution in [0.3, 0.4) is 0 Å². The van der Waals surface area contributed by atoms with E-state index in [0.717, 1.165) is 32.3 Å². The molecule has 0 bridgehead atoms. The summed E-state index contributed by atoms with van der Waals surface area (Å²) < 4.78 is 5.56. The van der Waals surface area contributed by atoms with Gasteiger partial charge in [0.1, 0.15) is 0 Å². The van der Waals surface area contributed by atoms with Gasteiger partial charge in [-0.05, 0) is 50.5 Å². The van der Waals surface area contributed by atoms with Crippen molar-refractivity contribution in [3.8, 4) is 5.88 Å². The van der Waals surface area contributed by atoms with Crippen molar-refractivity contribution in [3.05, 3.63) is 23.9 Å². The highest BCUT2D eigenvalue weighted by Crippen LogP contribution is 2.29. The van der Waals surface area contributed by atoms with E-state index in [9.17, 15) is 9.90 Å². The fourth-order valence-corrected chi connectivity index (χ4v) is 2.58. The van der Waals surface area contributed by atoms with E-state index >= 15 is 0 Å². The predicted molar refractivity (Wildman–Crippen MR) is 78.2 cm³/mol. The van der Waals surface area contributed by atoms with E-state index in [2.05, 4.69) is 10.3 Å². The molecule has 2 fully saturated rings. The highest BCUT2D eigenvalue weighted by atomic mass is 16.5. The maximum Gasteiger partial charge on any atom is 0.253 e. The molecule has 3 rings (SSSR count). The Balaban J connectivity index is 1.49. The van der Waals surface area contributed by atoms with Gasteiger partial charge in [-0.1, -0.05) is 0 Å². The quantitative estimate of drug-likeness (QED) is 0.869. The second-order valence-electron chi connectivity index (χ2n) is 6.12. The van der Waals surface area contributed by atoms with Crippen molar-refractivity contribution in [3.63, 3.8) is 0 Å². The van der Waals surface area contributed by atoms with Gasteiger partial charge in [-0.15, -0.1) is 0 Å². The lowest BCUT2D eigenvalue weighted by Gasteiger charge is -2.26. The van der Waals surface area contributed by atoms with Crippen molar-refractivity contribution in [2.45, 2.75) is 50.7 Å². The summed E-state index contributed by atoms with van der Waals surface area (Å²) in [5.41, 5.74) is 0.555. The molecule has 0 aliphatic heterocycles. The maximum absolute atomic E-state index is 12.1. The van der Waals surface area contributed by atoms with Crippen LogP contribution in [0.4, 0.5) is 0 Å². The number of aliphatic hydroxyl groups excluding tert-OH is 1. The third-order valence-electron chi connectivity index (χ3n) is 4.19. The van der Waals surface area contributed by atoms with Gasteiger partial charge in [0.05, 0.1) is 18.3 Å². The van der Waals surface area contributed by atoms with Crippen LogP contribution in [0.15, 0.2) is 18.3 Å². The van der Waals surface area contributed by atoms with Crippen LogP contribution >= 0.6 is 0 Å². The SMILES string of the molecule is O=C(NC1CCC(O)CC1)c1ccc(OCC2CC2)nc1. The zero-order valence-electron chi connectivity index (χ0n) is 12.1. The molecule has 0 unspecified atom stereocenters. The number of nitrogens with zero attached hydrogens (tertiary/aromatic N) is 1. The van der Waals surface area contributed by atoms with Gasteiger partial charge in [-0.3, -0.25) is 4.79 Å². The van der Waals surface area contributed by atoms with Crippen LogP contribution < -0.4 is 10.1 Å². The van der Waals surface area contributed by atoms with Crippen LogP contribution in [-0.2, 0) is 0 Å². The van der Waals surface area contributed by atoms with E-state index in [-0.39, 0.29) is 18.1 Å². The molecule has 5 heteroatoms. The second-order valence-corrected chi connectivity index (χ2v) is 6.12. The molecule has 2 aliphatic rings. The van der Waals surface area contributed by atoms with Crippen molar-refractivity contribution in [1.82, 2.24) is 10.3 Å². The third kappa shape index (κ3) is 4.17. The molecule has 2 N–H and O–H groups in total. The predicted octanol–water partition coefficient (Wildman–Crippen LogP) is 1.90. The van der Waals surface area contributed by atoms with Gasteiger partial charge in [-0.2, -0.15) is 0 Å². The highest BCUT2D eigenvalue weighted by molar-refractivity contribution is 5.94. The lowest BCUT2D eigenvalue weighted by molar-refractivity contribution is 0.0867. The minimum Gasteiger partial charge on any atom is -0.477 e. The highest BCUT2D eigenvalue weighted by Gasteiger charge is 2.23. The van der Waals surface area contributed by atoms with Gasteiger partial charge < -0.3 is 15.2 Å². The summed E-state index contributed by atoms with van der Waals surface area (Å²) in [4.78, 5) is 16.3. The zero-order chi connectivity index (χ0) is 14.7. The van der Waals surface area contributed by atoms with Crippen molar-refractivity contribution >= 4 is 5.91 Å². The van der Waals surface area contributed by atoms with Crippen LogP contribution in [-0.4, -0.2) is 34.8 Å². The summed E-state index contributed by atoms with van der Waals surface area (Å²) in [6.07, 6.45) is 7.05. The zero-order valence-corrected chi connectivity index (χ0v) is 12.1. The van der Waals surface area contributed by atoms with E-state index in [1.54, 1.807) is 18.3 Å². The Labute approximate surface area is 124 Å². The summed E-state index contributed by atoms with van der Waals surface area (Å²) >= 11 is 0. The van der Waals surface area contributed by atoms with Gasteiger partial charge >= 0.3 is 0 Å². The lowest BCUT2D eigenvalue weighted by atomic mass is 9.93. The number of aliphatic hydroxyl groups is 1. The molecule has 1 aromatic rings. The van der Waals surface area contributed by atoms with Crippen LogP contribution in [0.2, 0.25) is 0 Å². The molecule has 21 heavy (non-hydrogen) atoms. The van der Waals surface area contributed by atoms with Crippen molar-refractivity contribution in [1.29, 1.82) is 0 Å². The molecule has 0 spiro atoms. The first-order valence-electron chi connectivity index (χ1n) is 7.78. The molecule has 0 radical (unpaired) electrons. The normalized spacial score (nSPS) is 25.4. The van der Waals surface area contributed by atoms with E-state index in [1.807, 2.05) is 0 Å². The number of aromatic nitrogens is 1. The van der Waals surface area contributed by atoms with Gasteiger partial charge in [0.15, 0.2) is 0 Å². The Morgan fingerprint density at radius 2 is 2.00 bits per heavy atom. The number of carbonyl (C=O) groups excluding carboxylic acids is 1. The van der Waals surface area contributed by atoms with Crippen LogP contribution in [0.1, 0.15) is 48.9 Å². The van der Waals surface area contributed by atoms with E-state index < -0.39 is 0 Å². The molecule has 114 valence electrons. The Hall–Kier alpha value is -1.62. The number of rotatable bonds is 5. The molecule has 1 aromatic heterocycles. The molecule has 1 amide bonds. The Kier molecular flexibility index (Phi) is 4.39. The number of carbonyl (C=O) groups is 1. The average molecular weight is 290 g/mol. The summed E-state index contributed by atoms with van der Waals surface area (Å²) in [5, 5.41) is 12.5. The van der Waals surface area contributed by atoms with Gasteiger partial charge in [0, 0.05) is 18.3 Å². The van der Waals surface area contributed by atoms with Crippen molar-refractivity contribution < 1.29 is 14.6 Å². The first-order chi connectivity index (χ1) is 10.2. The number of hydrogen-bond acceptors (Lipinski definition) is 4. The molecule has 5 nitrogen and oxygen atoms in total. The Morgan fingerprint density at radius 3 is 2.62 bits per heavy atom. The van der Waals surface area contributed by atoms with Gasteiger partial charge in [0.2, 0.25) is 5.88 Å². The van der Waals surface area contributed by atoms with Crippen LogP contribution in [0.5, 0.6) is 5.88 Å². The summed E-state index contributed by atoms with van der Waals surface area (Å²) in [5.74, 6) is 1.17. The molecule has 0 saturated heterocycles. The Morgan fingerprint density at radius 1 is 1.24 bits per heavy atom. The fraction of sp³-hybridized carbons (Fsp3) is 0.625. The molecule has 1 heterocycles. The number of ether oxygens (including phenoxy) is 1. The number of pyridine rings is 1. The first-order valence-corrected chi connectivity index (χ1v) is 7.78. The second kappa shape index (κ2) is 6.43. The summed E-state index contributed by atoms with van der Waals surface area (Å²) in [6.45, 7) is 0.725. The molecular formula is C16H22N2O3. The number of hydrogen-bond donors (Lipinski definition) is 2. The molecule has 2 saturated carbocycles. The minimum absolute atomic E-state index is 0.0994. The third-order valence-corrected chi connectivity index (χ3v) is 4.19. The molecule has 2 aliphatic carbocycles. The largest absolute Gasteiger partial charge is 0.477 e. The standard InChI is InChI=1S/C16H22N2O3/c19-14-6-4-13(5-7-14)18-16(20)12-3-8-15(17-9-12)21-10-11-1-2-11/h3,8-9,11,13-14,19H,1-2,4-7,10H2,(H,18,20). The first kappa shape index (κ1) is 14.3. The lowest BCUT2D eigenvalue weighted by Crippen LogP contribution is -2.38. The maximum atomic E-state index is 12.1. The van der Waals surface area contributed by atoms with Crippen molar-refractivity contribution in [2.24, 2.45) is 5.92 Å². The fourth-order valence-electron chi connectivity index (χ4n) is 2.58.